The Bertz CT molecular complexity index is 1260. The molecule has 2 N–H and O–H groups in total. The van der Waals surface area contributed by atoms with E-state index in [-0.39, 0.29) is 5.75 Å². The summed E-state index contributed by atoms with van der Waals surface area (Å²) in [7, 11) is -3.06. The molecule has 32 heavy (non-hydrogen) atoms. The number of benzene rings is 1. The van der Waals surface area contributed by atoms with Crippen LogP contribution in [0.4, 0.5) is 5.82 Å². The Morgan fingerprint density at radius 1 is 1.19 bits per heavy atom. The summed E-state index contributed by atoms with van der Waals surface area (Å²) < 4.78 is 25.5. The van der Waals surface area contributed by atoms with E-state index in [1.165, 1.54) is 38.6 Å². The Kier molecular flexibility index (Phi) is 5.63. The molecule has 3 heterocycles. The smallest absolute Gasteiger partial charge is 0.147 e. The van der Waals surface area contributed by atoms with Crippen LogP contribution in [0.25, 0.3) is 22.2 Å². The van der Waals surface area contributed by atoms with Gasteiger partial charge in [-0.2, -0.15) is 0 Å². The van der Waals surface area contributed by atoms with E-state index in [9.17, 15) is 8.42 Å². The second kappa shape index (κ2) is 8.32. The van der Waals surface area contributed by atoms with Crippen molar-refractivity contribution in [2.24, 2.45) is 5.92 Å². The molecule has 0 spiro atoms. The lowest BCUT2D eigenvalue weighted by atomic mass is 9.79. The molecule has 2 aromatic heterocycles. The van der Waals surface area contributed by atoms with Crippen LogP contribution in [0, 0.1) is 5.92 Å². The van der Waals surface area contributed by atoms with Gasteiger partial charge in [-0.15, -0.1) is 0 Å². The fraction of sp³-hybridized carbons (Fsp3) is 0.478. The fourth-order valence-corrected chi connectivity index (χ4v) is 5.73. The first-order valence-corrected chi connectivity index (χ1v) is 13.5. The first-order chi connectivity index (χ1) is 15.3. The number of rotatable bonds is 7. The van der Waals surface area contributed by atoms with Gasteiger partial charge in [0, 0.05) is 35.6 Å². The summed E-state index contributed by atoms with van der Waals surface area (Å²) in [5, 5.41) is 1.40. The zero-order chi connectivity index (χ0) is 22.5. The van der Waals surface area contributed by atoms with Gasteiger partial charge in [0.1, 0.15) is 27.6 Å². The summed E-state index contributed by atoms with van der Waals surface area (Å²) in [6.45, 7) is 3.66. The number of nitrogens with zero attached hydrogens (tertiary/aromatic N) is 4. The van der Waals surface area contributed by atoms with E-state index in [4.69, 9.17) is 17.3 Å². The third-order valence-electron chi connectivity index (χ3n) is 6.74. The average Bonchev–Trinajstić information content (AvgIpc) is 3.04. The molecule has 2 fully saturated rings. The fourth-order valence-electron chi connectivity index (χ4n) is 4.87. The molecule has 7 nitrogen and oxygen atoms in total. The summed E-state index contributed by atoms with van der Waals surface area (Å²) in [6, 6.07) is 6.11. The minimum atomic E-state index is -3.06. The molecule has 0 amide bonds. The van der Waals surface area contributed by atoms with E-state index in [0.717, 1.165) is 46.5 Å². The first kappa shape index (κ1) is 21.7. The molecule has 0 atom stereocenters. The van der Waals surface area contributed by atoms with Gasteiger partial charge in [-0.3, -0.25) is 0 Å². The quantitative estimate of drug-likeness (QED) is 0.563. The number of likely N-dealkylation sites (tertiary alicyclic amines) is 1. The summed E-state index contributed by atoms with van der Waals surface area (Å²) in [5.74, 6) is 1.26. The lowest BCUT2D eigenvalue weighted by molar-refractivity contribution is 0.0921. The number of hydrogen-bond acceptors (Lipinski definition) is 6. The third-order valence-corrected chi connectivity index (χ3v) is 7.90. The summed E-state index contributed by atoms with van der Waals surface area (Å²) in [4.78, 5) is 11.3. The molecule has 1 saturated carbocycles. The highest BCUT2D eigenvalue weighted by molar-refractivity contribution is 7.90. The van der Waals surface area contributed by atoms with Gasteiger partial charge in [-0.05, 0) is 68.0 Å². The Balaban J connectivity index is 1.47. The van der Waals surface area contributed by atoms with Gasteiger partial charge < -0.3 is 15.2 Å². The molecule has 3 aromatic rings. The predicted molar refractivity (Wildman–Crippen MR) is 129 cm³/mol. The standard InChI is InChI=1S/C23H28ClN5O2S/c1-32(30,31)6-3-15-7-17(11-18(24)8-15)20-13-29(23-21(20)22(25)26-14-27-23)19-9-16(10-19)12-28-4-2-5-28/h7-8,11,13-14,16,19H,2-6,9-10,12H2,1H3,(H2,25,26,27). The summed E-state index contributed by atoms with van der Waals surface area (Å²) >= 11 is 6.41. The number of aromatic nitrogens is 3. The van der Waals surface area contributed by atoms with Crippen LogP contribution < -0.4 is 5.73 Å². The minimum Gasteiger partial charge on any atom is -0.383 e. The van der Waals surface area contributed by atoms with Crippen molar-refractivity contribution in [3.8, 4) is 11.1 Å². The van der Waals surface area contributed by atoms with Crippen molar-refractivity contribution in [1.29, 1.82) is 0 Å². The normalized spacial score (nSPS) is 21.4. The van der Waals surface area contributed by atoms with Crippen LogP contribution in [0.5, 0.6) is 0 Å². The van der Waals surface area contributed by atoms with E-state index in [2.05, 4.69) is 25.6 Å². The number of sulfone groups is 1. The summed E-state index contributed by atoms with van der Waals surface area (Å²) in [5.41, 5.74) is 9.86. The van der Waals surface area contributed by atoms with Crippen molar-refractivity contribution >= 4 is 38.3 Å². The Morgan fingerprint density at radius 2 is 1.97 bits per heavy atom. The minimum absolute atomic E-state index is 0.0836. The Morgan fingerprint density at radius 3 is 2.66 bits per heavy atom. The van der Waals surface area contributed by atoms with Gasteiger partial charge in [0.15, 0.2) is 0 Å². The summed E-state index contributed by atoms with van der Waals surface area (Å²) in [6.07, 6.45) is 8.90. The largest absolute Gasteiger partial charge is 0.383 e. The van der Waals surface area contributed by atoms with Crippen LogP contribution in [0.1, 0.15) is 30.9 Å². The lowest BCUT2D eigenvalue weighted by Gasteiger charge is -2.42. The maximum Gasteiger partial charge on any atom is 0.147 e. The maximum atomic E-state index is 11.6. The SMILES string of the molecule is CS(=O)(=O)CCc1cc(Cl)cc(-c2cn(C3CC(CN4CCC4)C3)c3ncnc(N)c23)c1. The average molecular weight is 474 g/mol. The number of anilines is 1. The Labute approximate surface area is 193 Å². The Hall–Kier alpha value is -2.16. The zero-order valence-corrected chi connectivity index (χ0v) is 19.7. The van der Waals surface area contributed by atoms with Crippen molar-refractivity contribution in [2.75, 3.05) is 37.4 Å². The topological polar surface area (TPSA) is 94.1 Å². The molecule has 9 heteroatoms. The first-order valence-electron chi connectivity index (χ1n) is 11.1. The highest BCUT2D eigenvalue weighted by Crippen LogP contribution is 2.43. The van der Waals surface area contributed by atoms with Crippen LogP contribution >= 0.6 is 11.6 Å². The number of halogens is 1. The molecule has 1 aliphatic carbocycles. The molecular formula is C23H28ClN5O2S. The van der Waals surface area contributed by atoms with Crippen LogP contribution in [-0.2, 0) is 16.3 Å². The zero-order valence-electron chi connectivity index (χ0n) is 18.2. The van der Waals surface area contributed by atoms with E-state index >= 15 is 0 Å². The van der Waals surface area contributed by atoms with Crippen LogP contribution in [0.2, 0.25) is 5.02 Å². The van der Waals surface area contributed by atoms with Gasteiger partial charge in [0.05, 0.1) is 11.1 Å². The molecule has 0 bridgehead atoms. The molecule has 1 aliphatic heterocycles. The van der Waals surface area contributed by atoms with Crippen molar-refractivity contribution in [3.63, 3.8) is 0 Å². The molecule has 2 aliphatic rings. The van der Waals surface area contributed by atoms with Gasteiger partial charge in [0.25, 0.3) is 0 Å². The van der Waals surface area contributed by atoms with Crippen molar-refractivity contribution in [2.45, 2.75) is 31.7 Å². The second-order valence-electron chi connectivity index (χ2n) is 9.28. The highest BCUT2D eigenvalue weighted by atomic mass is 35.5. The number of hydrogen-bond donors (Lipinski definition) is 1. The second-order valence-corrected chi connectivity index (χ2v) is 12.0. The molecular weight excluding hydrogens is 446 g/mol. The van der Waals surface area contributed by atoms with E-state index in [0.29, 0.717) is 23.3 Å². The highest BCUT2D eigenvalue weighted by Gasteiger charge is 2.34. The molecule has 1 saturated heterocycles. The lowest BCUT2D eigenvalue weighted by Crippen LogP contribution is -2.43. The van der Waals surface area contributed by atoms with Gasteiger partial charge >= 0.3 is 0 Å². The van der Waals surface area contributed by atoms with Crippen LogP contribution in [0.3, 0.4) is 0 Å². The monoisotopic (exact) mass is 473 g/mol. The predicted octanol–water partition coefficient (Wildman–Crippen LogP) is 3.58. The third kappa shape index (κ3) is 4.36. The van der Waals surface area contributed by atoms with Crippen molar-refractivity contribution in [3.05, 3.63) is 41.3 Å². The molecule has 0 radical (unpaired) electrons. The number of aryl methyl sites for hydroxylation is 1. The van der Waals surface area contributed by atoms with Gasteiger partial charge in [-0.25, -0.2) is 18.4 Å². The van der Waals surface area contributed by atoms with Gasteiger partial charge in [0.2, 0.25) is 0 Å². The van der Waals surface area contributed by atoms with Crippen LogP contribution in [-0.4, -0.2) is 59.5 Å². The number of nitrogen functional groups attached to an aromatic ring is 1. The molecule has 0 unspecified atom stereocenters. The molecule has 1 aromatic carbocycles. The van der Waals surface area contributed by atoms with Crippen molar-refractivity contribution < 1.29 is 8.42 Å². The molecule has 170 valence electrons. The maximum absolute atomic E-state index is 11.6. The van der Waals surface area contributed by atoms with E-state index in [1.54, 1.807) is 0 Å². The van der Waals surface area contributed by atoms with E-state index in [1.807, 2.05) is 18.2 Å². The van der Waals surface area contributed by atoms with Crippen LogP contribution in [0.15, 0.2) is 30.7 Å². The van der Waals surface area contributed by atoms with Crippen molar-refractivity contribution in [1.82, 2.24) is 19.4 Å². The van der Waals surface area contributed by atoms with E-state index < -0.39 is 9.84 Å². The van der Waals surface area contributed by atoms with Gasteiger partial charge in [-0.1, -0.05) is 17.7 Å². The number of nitrogens with two attached hydrogens (primary N) is 1. The molecule has 5 rings (SSSR count). The number of fused-ring (bicyclic) bond motifs is 1.